The second-order valence-corrected chi connectivity index (χ2v) is 4.78. The highest BCUT2D eigenvalue weighted by Crippen LogP contribution is 2.27. The fourth-order valence-corrected chi connectivity index (χ4v) is 2.55. The largest absolute Gasteiger partial charge is 0.401 e. The van der Waals surface area contributed by atoms with E-state index in [1.165, 1.54) is 23.5 Å². The quantitative estimate of drug-likeness (QED) is 0.832. The lowest BCUT2D eigenvalue weighted by atomic mass is 10.0. The van der Waals surface area contributed by atoms with Crippen molar-refractivity contribution in [3.63, 3.8) is 0 Å². The molecule has 1 N–H and O–H groups in total. The molecule has 0 fully saturated rings. The molecule has 0 bridgehead atoms. The molecule has 1 aromatic carbocycles. The van der Waals surface area contributed by atoms with Crippen LogP contribution in [0.5, 0.6) is 0 Å². The molecule has 0 aliphatic carbocycles. The van der Waals surface area contributed by atoms with Gasteiger partial charge in [0.15, 0.2) is 0 Å². The van der Waals surface area contributed by atoms with Gasteiger partial charge < -0.3 is 5.32 Å². The second kappa shape index (κ2) is 5.71. The van der Waals surface area contributed by atoms with Gasteiger partial charge in [0.25, 0.3) is 0 Å². The molecular formula is C13H11F4NS. The van der Waals surface area contributed by atoms with Gasteiger partial charge in [-0.2, -0.15) is 24.5 Å². The van der Waals surface area contributed by atoms with Gasteiger partial charge >= 0.3 is 6.18 Å². The molecule has 0 radical (unpaired) electrons. The van der Waals surface area contributed by atoms with Gasteiger partial charge in [-0.05, 0) is 39.6 Å². The van der Waals surface area contributed by atoms with Crippen LogP contribution in [0.3, 0.4) is 0 Å². The Kier molecular flexibility index (Phi) is 4.21. The summed E-state index contributed by atoms with van der Waals surface area (Å²) in [6.45, 7) is -0.887. The van der Waals surface area contributed by atoms with Gasteiger partial charge in [0, 0.05) is 6.54 Å². The van der Waals surface area contributed by atoms with E-state index in [2.05, 4.69) is 5.32 Å². The van der Waals surface area contributed by atoms with Crippen LogP contribution in [0, 0.1) is 5.82 Å². The van der Waals surface area contributed by atoms with E-state index in [0.29, 0.717) is 0 Å². The molecule has 0 aliphatic rings. The van der Waals surface area contributed by atoms with E-state index in [1.54, 1.807) is 17.5 Å². The SMILES string of the molecule is Fc1ccc(-c2cscc2CNCC(F)(F)F)cc1. The molecule has 2 rings (SSSR count). The van der Waals surface area contributed by atoms with Gasteiger partial charge in [0.05, 0.1) is 6.54 Å². The van der Waals surface area contributed by atoms with E-state index >= 15 is 0 Å². The molecule has 0 unspecified atom stereocenters. The number of alkyl halides is 3. The van der Waals surface area contributed by atoms with Crippen molar-refractivity contribution in [2.24, 2.45) is 0 Å². The third kappa shape index (κ3) is 4.04. The van der Waals surface area contributed by atoms with Gasteiger partial charge in [-0.3, -0.25) is 0 Å². The van der Waals surface area contributed by atoms with Gasteiger partial charge in [0.2, 0.25) is 0 Å². The highest BCUT2D eigenvalue weighted by atomic mass is 32.1. The Morgan fingerprint density at radius 3 is 2.37 bits per heavy atom. The van der Waals surface area contributed by atoms with Crippen molar-refractivity contribution in [2.45, 2.75) is 12.7 Å². The fraction of sp³-hybridized carbons (Fsp3) is 0.231. The average Bonchev–Trinajstić information content (AvgIpc) is 2.77. The Morgan fingerprint density at radius 1 is 1.05 bits per heavy atom. The molecule has 1 nitrogen and oxygen atoms in total. The van der Waals surface area contributed by atoms with Gasteiger partial charge in [-0.1, -0.05) is 12.1 Å². The monoisotopic (exact) mass is 289 g/mol. The molecule has 0 saturated heterocycles. The van der Waals surface area contributed by atoms with Crippen molar-refractivity contribution >= 4 is 11.3 Å². The first kappa shape index (κ1) is 14.0. The zero-order valence-electron chi connectivity index (χ0n) is 9.80. The van der Waals surface area contributed by atoms with Crippen LogP contribution < -0.4 is 5.32 Å². The van der Waals surface area contributed by atoms with Crippen molar-refractivity contribution in [3.8, 4) is 11.1 Å². The molecule has 0 aliphatic heterocycles. The summed E-state index contributed by atoms with van der Waals surface area (Å²) in [5.41, 5.74) is 2.41. The van der Waals surface area contributed by atoms with E-state index < -0.39 is 12.7 Å². The summed E-state index contributed by atoms with van der Waals surface area (Å²) < 4.78 is 49.0. The standard InChI is InChI=1S/C13H11F4NS/c14-11-3-1-9(2-4-11)12-7-19-6-10(12)5-18-8-13(15,16)17/h1-4,6-7,18H,5,8H2. The van der Waals surface area contributed by atoms with E-state index in [4.69, 9.17) is 0 Å². The molecule has 0 spiro atoms. The van der Waals surface area contributed by atoms with Crippen LogP contribution in [0.4, 0.5) is 17.6 Å². The molecule has 102 valence electrons. The summed E-state index contributed by atoms with van der Waals surface area (Å²) in [5, 5.41) is 6.00. The molecule has 0 amide bonds. The first-order chi connectivity index (χ1) is 8.96. The zero-order chi connectivity index (χ0) is 13.9. The number of nitrogens with one attached hydrogen (secondary N) is 1. The summed E-state index contributed by atoms with van der Waals surface area (Å²) in [6, 6.07) is 5.90. The molecule has 1 aromatic heterocycles. The lowest BCUT2D eigenvalue weighted by Crippen LogP contribution is -2.28. The lowest BCUT2D eigenvalue weighted by Gasteiger charge is -2.09. The third-order valence-electron chi connectivity index (χ3n) is 2.54. The summed E-state index contributed by atoms with van der Waals surface area (Å²) in [4.78, 5) is 0. The van der Waals surface area contributed by atoms with Gasteiger partial charge in [-0.25, -0.2) is 4.39 Å². The summed E-state index contributed by atoms with van der Waals surface area (Å²) in [6.07, 6.45) is -4.22. The number of halogens is 4. The Hall–Kier alpha value is -1.40. The first-order valence-corrected chi connectivity index (χ1v) is 6.48. The van der Waals surface area contributed by atoms with Gasteiger partial charge in [0.1, 0.15) is 5.82 Å². The van der Waals surface area contributed by atoms with Crippen LogP contribution in [-0.2, 0) is 6.54 Å². The van der Waals surface area contributed by atoms with Crippen molar-refractivity contribution in [3.05, 3.63) is 46.4 Å². The maximum Gasteiger partial charge on any atom is 0.401 e. The van der Waals surface area contributed by atoms with E-state index in [0.717, 1.165) is 16.7 Å². The van der Waals surface area contributed by atoms with Crippen molar-refractivity contribution in [2.75, 3.05) is 6.54 Å². The maximum absolute atomic E-state index is 12.8. The molecule has 2 aromatic rings. The highest BCUT2D eigenvalue weighted by Gasteiger charge is 2.26. The lowest BCUT2D eigenvalue weighted by molar-refractivity contribution is -0.125. The van der Waals surface area contributed by atoms with Crippen molar-refractivity contribution in [1.82, 2.24) is 5.32 Å². The minimum Gasteiger partial charge on any atom is -0.305 e. The molecular weight excluding hydrogens is 278 g/mol. The Bertz CT molecular complexity index is 530. The zero-order valence-corrected chi connectivity index (χ0v) is 10.6. The van der Waals surface area contributed by atoms with Crippen LogP contribution in [0.25, 0.3) is 11.1 Å². The first-order valence-electron chi connectivity index (χ1n) is 5.54. The van der Waals surface area contributed by atoms with Crippen LogP contribution in [0.2, 0.25) is 0 Å². The van der Waals surface area contributed by atoms with Crippen LogP contribution in [0.1, 0.15) is 5.56 Å². The number of thiophene rings is 1. The minimum atomic E-state index is -4.22. The molecule has 19 heavy (non-hydrogen) atoms. The highest BCUT2D eigenvalue weighted by molar-refractivity contribution is 7.08. The average molecular weight is 289 g/mol. The normalized spacial score (nSPS) is 11.8. The van der Waals surface area contributed by atoms with E-state index in [-0.39, 0.29) is 12.4 Å². The minimum absolute atomic E-state index is 0.135. The Balaban J connectivity index is 2.07. The second-order valence-electron chi connectivity index (χ2n) is 4.04. The number of hydrogen-bond donors (Lipinski definition) is 1. The summed E-state index contributed by atoms with van der Waals surface area (Å²) in [7, 11) is 0. The van der Waals surface area contributed by atoms with E-state index in [1.807, 2.05) is 5.38 Å². The predicted molar refractivity (Wildman–Crippen MR) is 67.5 cm³/mol. The van der Waals surface area contributed by atoms with Crippen LogP contribution >= 0.6 is 11.3 Å². The topological polar surface area (TPSA) is 12.0 Å². The maximum atomic E-state index is 12.8. The molecule has 0 atom stereocenters. The third-order valence-corrected chi connectivity index (χ3v) is 3.33. The number of benzene rings is 1. The smallest absolute Gasteiger partial charge is 0.305 e. The molecule has 0 saturated carbocycles. The van der Waals surface area contributed by atoms with Crippen LogP contribution in [0.15, 0.2) is 35.0 Å². The van der Waals surface area contributed by atoms with Gasteiger partial charge in [-0.15, -0.1) is 0 Å². The predicted octanol–water partition coefficient (Wildman–Crippen LogP) is 4.21. The Morgan fingerprint density at radius 2 is 1.74 bits per heavy atom. The van der Waals surface area contributed by atoms with Crippen molar-refractivity contribution < 1.29 is 17.6 Å². The Labute approximate surface area is 111 Å². The molecule has 6 heteroatoms. The fourth-order valence-electron chi connectivity index (χ4n) is 1.68. The summed E-state index contributed by atoms with van der Waals surface area (Å²) in [5.74, 6) is -0.337. The number of hydrogen-bond acceptors (Lipinski definition) is 2. The number of rotatable bonds is 4. The summed E-state index contributed by atoms with van der Waals surface area (Å²) >= 11 is 1.41. The van der Waals surface area contributed by atoms with Crippen molar-refractivity contribution in [1.29, 1.82) is 0 Å². The molecule has 1 heterocycles. The van der Waals surface area contributed by atoms with Crippen LogP contribution in [-0.4, -0.2) is 12.7 Å². The van der Waals surface area contributed by atoms with E-state index in [9.17, 15) is 17.6 Å².